The molecular formula is C23H22FN5O. The van der Waals surface area contributed by atoms with Crippen LogP contribution in [0.1, 0.15) is 18.5 Å². The first kappa shape index (κ1) is 19.6. The van der Waals surface area contributed by atoms with Gasteiger partial charge in [-0.15, -0.1) is 0 Å². The minimum Gasteiger partial charge on any atom is -0.348 e. The summed E-state index contributed by atoms with van der Waals surface area (Å²) < 4.78 is 16.7. The Morgan fingerprint density at radius 3 is 2.37 bits per heavy atom. The summed E-state index contributed by atoms with van der Waals surface area (Å²) in [4.78, 5) is 21.9. The third-order valence-electron chi connectivity index (χ3n) is 5.19. The molecule has 0 saturated heterocycles. The average molecular weight is 403 g/mol. The molecule has 4 rings (SSSR count). The van der Waals surface area contributed by atoms with Gasteiger partial charge in [-0.1, -0.05) is 42.5 Å². The smallest absolute Gasteiger partial charge is 0.274 e. The van der Waals surface area contributed by atoms with Crippen molar-refractivity contribution >= 4 is 5.95 Å². The monoisotopic (exact) mass is 403 g/mol. The van der Waals surface area contributed by atoms with Crippen LogP contribution in [0.15, 0.2) is 71.7 Å². The fourth-order valence-electron chi connectivity index (χ4n) is 3.46. The SMILES string of the molecule is C[C@H](Nc1nccc(-c2c(-c3ccc(F)cc3)c(=O)n(C)n2C)n1)c1ccccc1. The zero-order valence-corrected chi connectivity index (χ0v) is 17.0. The Balaban J connectivity index is 1.76. The summed E-state index contributed by atoms with van der Waals surface area (Å²) in [7, 11) is 3.49. The van der Waals surface area contributed by atoms with E-state index in [-0.39, 0.29) is 17.4 Å². The first-order valence-electron chi connectivity index (χ1n) is 9.62. The maximum atomic E-state index is 13.4. The third kappa shape index (κ3) is 3.61. The summed E-state index contributed by atoms with van der Waals surface area (Å²) in [6.45, 7) is 2.04. The molecule has 0 radical (unpaired) electrons. The van der Waals surface area contributed by atoms with Crippen LogP contribution in [-0.2, 0) is 14.1 Å². The highest BCUT2D eigenvalue weighted by Gasteiger charge is 2.21. The molecule has 2 heterocycles. The lowest BCUT2D eigenvalue weighted by Gasteiger charge is -2.15. The Kier molecular flexibility index (Phi) is 5.18. The first-order chi connectivity index (χ1) is 14.5. The normalized spacial score (nSPS) is 12.0. The topological polar surface area (TPSA) is 64.7 Å². The number of nitrogens with one attached hydrogen (secondary N) is 1. The Bertz CT molecular complexity index is 1230. The molecule has 0 aliphatic rings. The van der Waals surface area contributed by atoms with E-state index in [0.29, 0.717) is 28.5 Å². The van der Waals surface area contributed by atoms with Gasteiger partial charge in [0.2, 0.25) is 5.95 Å². The van der Waals surface area contributed by atoms with E-state index in [1.165, 1.54) is 16.8 Å². The van der Waals surface area contributed by atoms with Crippen LogP contribution in [0.5, 0.6) is 0 Å². The summed E-state index contributed by atoms with van der Waals surface area (Å²) in [6, 6.07) is 17.7. The average Bonchev–Trinajstić information content (AvgIpc) is 2.99. The molecule has 0 aliphatic carbocycles. The van der Waals surface area contributed by atoms with Gasteiger partial charge in [-0.25, -0.2) is 14.4 Å². The zero-order valence-electron chi connectivity index (χ0n) is 17.0. The van der Waals surface area contributed by atoms with Gasteiger partial charge >= 0.3 is 0 Å². The van der Waals surface area contributed by atoms with Crippen LogP contribution in [0.3, 0.4) is 0 Å². The van der Waals surface area contributed by atoms with Gasteiger partial charge in [-0.05, 0) is 36.2 Å². The maximum Gasteiger partial charge on any atom is 0.274 e. The van der Waals surface area contributed by atoms with Crippen molar-refractivity contribution in [2.24, 2.45) is 14.1 Å². The second-order valence-electron chi connectivity index (χ2n) is 7.13. The number of nitrogens with zero attached hydrogens (tertiary/aromatic N) is 4. The molecule has 0 spiro atoms. The molecule has 2 aromatic heterocycles. The van der Waals surface area contributed by atoms with Gasteiger partial charge in [0, 0.05) is 20.3 Å². The molecule has 2 aromatic carbocycles. The molecule has 4 aromatic rings. The predicted octanol–water partition coefficient (Wildman–Crippen LogP) is 4.16. The van der Waals surface area contributed by atoms with Crippen LogP contribution in [0.4, 0.5) is 10.3 Å². The van der Waals surface area contributed by atoms with Crippen LogP contribution in [0, 0.1) is 5.82 Å². The molecule has 0 bridgehead atoms. The lowest BCUT2D eigenvalue weighted by Crippen LogP contribution is -2.17. The van der Waals surface area contributed by atoms with Crippen molar-refractivity contribution in [2.75, 3.05) is 5.32 Å². The highest BCUT2D eigenvalue weighted by atomic mass is 19.1. The second kappa shape index (κ2) is 7.94. The number of rotatable bonds is 5. The van der Waals surface area contributed by atoms with Gasteiger partial charge < -0.3 is 5.32 Å². The van der Waals surface area contributed by atoms with Crippen molar-refractivity contribution in [3.63, 3.8) is 0 Å². The lowest BCUT2D eigenvalue weighted by atomic mass is 10.0. The van der Waals surface area contributed by atoms with Gasteiger partial charge in [-0.2, -0.15) is 0 Å². The zero-order chi connectivity index (χ0) is 21.3. The van der Waals surface area contributed by atoms with Gasteiger partial charge in [0.25, 0.3) is 5.56 Å². The molecule has 0 fully saturated rings. The van der Waals surface area contributed by atoms with Crippen LogP contribution < -0.4 is 10.9 Å². The van der Waals surface area contributed by atoms with Crippen molar-refractivity contribution in [2.45, 2.75) is 13.0 Å². The molecule has 0 unspecified atom stereocenters. The molecule has 6 nitrogen and oxygen atoms in total. The maximum absolute atomic E-state index is 13.4. The Labute approximate surface area is 173 Å². The minimum atomic E-state index is -0.350. The quantitative estimate of drug-likeness (QED) is 0.543. The predicted molar refractivity (Wildman–Crippen MR) is 116 cm³/mol. The van der Waals surface area contributed by atoms with E-state index in [4.69, 9.17) is 0 Å². The number of benzene rings is 2. The van der Waals surface area contributed by atoms with Crippen molar-refractivity contribution in [1.82, 2.24) is 19.3 Å². The molecule has 152 valence electrons. The molecular weight excluding hydrogens is 381 g/mol. The third-order valence-corrected chi connectivity index (χ3v) is 5.19. The van der Waals surface area contributed by atoms with Crippen LogP contribution in [0.2, 0.25) is 0 Å². The Hall–Kier alpha value is -3.74. The Morgan fingerprint density at radius 1 is 0.967 bits per heavy atom. The minimum absolute atomic E-state index is 0.0117. The fourth-order valence-corrected chi connectivity index (χ4v) is 3.46. The molecule has 1 N–H and O–H groups in total. The molecule has 0 amide bonds. The van der Waals surface area contributed by atoms with Gasteiger partial charge in [0.1, 0.15) is 5.82 Å². The number of hydrogen-bond donors (Lipinski definition) is 1. The summed E-state index contributed by atoms with van der Waals surface area (Å²) >= 11 is 0. The van der Waals surface area contributed by atoms with Crippen molar-refractivity contribution in [3.8, 4) is 22.5 Å². The molecule has 30 heavy (non-hydrogen) atoms. The fraction of sp³-hybridized carbons (Fsp3) is 0.174. The summed E-state index contributed by atoms with van der Waals surface area (Å²) in [6.07, 6.45) is 1.66. The van der Waals surface area contributed by atoms with E-state index >= 15 is 0 Å². The van der Waals surface area contributed by atoms with Crippen LogP contribution in [0.25, 0.3) is 22.5 Å². The van der Waals surface area contributed by atoms with E-state index in [0.717, 1.165) is 5.56 Å². The van der Waals surface area contributed by atoms with Gasteiger partial charge in [0.05, 0.1) is 23.0 Å². The van der Waals surface area contributed by atoms with E-state index in [9.17, 15) is 9.18 Å². The lowest BCUT2D eigenvalue weighted by molar-refractivity contribution is 0.583. The molecule has 0 saturated carbocycles. The number of anilines is 1. The van der Waals surface area contributed by atoms with E-state index in [1.807, 2.05) is 37.3 Å². The van der Waals surface area contributed by atoms with Crippen LogP contribution >= 0.6 is 0 Å². The first-order valence-corrected chi connectivity index (χ1v) is 9.62. The summed E-state index contributed by atoms with van der Waals surface area (Å²) in [5, 5.41) is 3.31. The number of hydrogen-bond acceptors (Lipinski definition) is 4. The molecule has 1 atom stereocenters. The molecule has 7 heteroatoms. The highest BCUT2D eigenvalue weighted by Crippen LogP contribution is 2.29. The highest BCUT2D eigenvalue weighted by molar-refractivity contribution is 5.79. The second-order valence-corrected chi connectivity index (χ2v) is 7.13. The summed E-state index contributed by atoms with van der Waals surface area (Å²) in [5.41, 5.74) is 3.30. The van der Waals surface area contributed by atoms with Crippen LogP contribution in [-0.4, -0.2) is 19.3 Å². The standard InChI is InChI=1S/C23H22FN5O/c1-15(16-7-5-4-6-8-16)26-23-25-14-13-19(27-23)21-20(22(30)29(3)28(21)2)17-9-11-18(24)12-10-17/h4-15H,1-3H3,(H,25,26,27)/t15-/m0/s1. The number of halogens is 1. The van der Waals surface area contributed by atoms with E-state index in [1.54, 1.807) is 43.2 Å². The van der Waals surface area contributed by atoms with Gasteiger partial charge in [0.15, 0.2) is 0 Å². The number of aromatic nitrogens is 4. The van der Waals surface area contributed by atoms with Crippen molar-refractivity contribution in [1.29, 1.82) is 0 Å². The van der Waals surface area contributed by atoms with Gasteiger partial charge in [-0.3, -0.25) is 14.2 Å². The van der Waals surface area contributed by atoms with Crippen molar-refractivity contribution in [3.05, 3.63) is 88.6 Å². The summed E-state index contributed by atoms with van der Waals surface area (Å²) in [5.74, 6) is 0.113. The Morgan fingerprint density at radius 2 is 1.67 bits per heavy atom. The van der Waals surface area contributed by atoms with Crippen molar-refractivity contribution < 1.29 is 4.39 Å². The van der Waals surface area contributed by atoms with E-state index < -0.39 is 0 Å². The largest absolute Gasteiger partial charge is 0.348 e. The van der Waals surface area contributed by atoms with E-state index in [2.05, 4.69) is 15.3 Å². The molecule has 0 aliphatic heterocycles.